The maximum Gasteiger partial charge on any atom is 0.122 e. The minimum Gasteiger partial charge on any atom is -0.493 e. The molecule has 1 aliphatic heterocycles. The molecule has 106 valence electrons. The van der Waals surface area contributed by atoms with E-state index in [4.69, 9.17) is 4.74 Å². The number of thiazole rings is 1. The molecule has 0 amide bonds. The standard InChI is InChI=1S/C16H20N2OS/c1-3-14(17-9-16-18-11(2)10-20-16)12-4-5-15-13(8-12)6-7-19-15/h4-5,8,10,14,17H,3,6-7,9H2,1-2H3. The topological polar surface area (TPSA) is 34.2 Å². The van der Waals surface area contributed by atoms with E-state index in [9.17, 15) is 0 Å². The van der Waals surface area contributed by atoms with E-state index in [2.05, 4.69) is 40.8 Å². The van der Waals surface area contributed by atoms with Crippen molar-refractivity contribution in [3.63, 3.8) is 0 Å². The molecule has 1 aliphatic rings. The van der Waals surface area contributed by atoms with Crippen LogP contribution in [0, 0.1) is 6.92 Å². The van der Waals surface area contributed by atoms with Crippen molar-refractivity contribution >= 4 is 11.3 Å². The molecule has 3 rings (SSSR count). The van der Waals surface area contributed by atoms with Gasteiger partial charge in [-0.1, -0.05) is 19.1 Å². The van der Waals surface area contributed by atoms with Gasteiger partial charge in [-0.2, -0.15) is 0 Å². The van der Waals surface area contributed by atoms with Crippen molar-refractivity contribution in [2.75, 3.05) is 6.61 Å². The Balaban J connectivity index is 1.69. The third kappa shape index (κ3) is 2.86. The van der Waals surface area contributed by atoms with Crippen LogP contribution in [0.5, 0.6) is 5.75 Å². The average Bonchev–Trinajstić information content (AvgIpc) is 3.07. The van der Waals surface area contributed by atoms with E-state index < -0.39 is 0 Å². The van der Waals surface area contributed by atoms with Crippen LogP contribution < -0.4 is 10.1 Å². The van der Waals surface area contributed by atoms with Gasteiger partial charge < -0.3 is 10.1 Å². The lowest BCUT2D eigenvalue weighted by atomic mass is 10.0. The SMILES string of the molecule is CCC(NCc1nc(C)cs1)c1ccc2c(c1)CCO2. The molecule has 20 heavy (non-hydrogen) atoms. The fraction of sp³-hybridized carbons (Fsp3) is 0.438. The van der Waals surface area contributed by atoms with Crippen LogP contribution in [0.15, 0.2) is 23.6 Å². The summed E-state index contributed by atoms with van der Waals surface area (Å²) in [5, 5.41) is 6.87. The molecule has 0 saturated carbocycles. The second-order valence-electron chi connectivity index (χ2n) is 5.19. The van der Waals surface area contributed by atoms with E-state index >= 15 is 0 Å². The van der Waals surface area contributed by atoms with Crippen molar-refractivity contribution in [1.82, 2.24) is 10.3 Å². The second-order valence-corrected chi connectivity index (χ2v) is 6.13. The number of fused-ring (bicyclic) bond motifs is 1. The number of benzene rings is 1. The zero-order valence-corrected chi connectivity index (χ0v) is 12.8. The van der Waals surface area contributed by atoms with E-state index in [-0.39, 0.29) is 0 Å². The minimum absolute atomic E-state index is 0.380. The fourth-order valence-corrected chi connectivity index (χ4v) is 3.34. The third-order valence-corrected chi connectivity index (χ3v) is 4.66. The highest BCUT2D eigenvalue weighted by molar-refractivity contribution is 7.09. The van der Waals surface area contributed by atoms with Crippen molar-refractivity contribution in [2.24, 2.45) is 0 Å². The molecule has 1 atom stereocenters. The van der Waals surface area contributed by atoms with Crippen LogP contribution in [0.25, 0.3) is 0 Å². The number of aromatic nitrogens is 1. The van der Waals surface area contributed by atoms with Crippen LogP contribution in [0.2, 0.25) is 0 Å². The van der Waals surface area contributed by atoms with Crippen LogP contribution in [0.1, 0.15) is 41.2 Å². The molecular formula is C16H20N2OS. The lowest BCUT2D eigenvalue weighted by molar-refractivity contribution is 0.356. The molecule has 0 bridgehead atoms. The van der Waals surface area contributed by atoms with Gasteiger partial charge in [-0.25, -0.2) is 4.98 Å². The zero-order valence-electron chi connectivity index (χ0n) is 12.0. The van der Waals surface area contributed by atoms with E-state index in [0.717, 1.165) is 42.4 Å². The van der Waals surface area contributed by atoms with Gasteiger partial charge in [-0.3, -0.25) is 0 Å². The fourth-order valence-electron chi connectivity index (χ4n) is 2.62. The van der Waals surface area contributed by atoms with Crippen molar-refractivity contribution in [2.45, 2.75) is 39.3 Å². The molecular weight excluding hydrogens is 268 g/mol. The van der Waals surface area contributed by atoms with Crippen molar-refractivity contribution in [1.29, 1.82) is 0 Å². The molecule has 2 heterocycles. The lowest BCUT2D eigenvalue weighted by Gasteiger charge is -2.17. The highest BCUT2D eigenvalue weighted by Gasteiger charge is 2.16. The largest absolute Gasteiger partial charge is 0.493 e. The van der Waals surface area contributed by atoms with Crippen molar-refractivity contribution in [3.05, 3.63) is 45.4 Å². The highest BCUT2D eigenvalue weighted by Crippen LogP contribution is 2.29. The zero-order chi connectivity index (χ0) is 13.9. The van der Waals surface area contributed by atoms with Gasteiger partial charge in [0.2, 0.25) is 0 Å². The predicted molar refractivity (Wildman–Crippen MR) is 82.4 cm³/mol. The molecule has 0 saturated heterocycles. The van der Waals surface area contributed by atoms with Crippen LogP contribution in [-0.2, 0) is 13.0 Å². The summed E-state index contributed by atoms with van der Waals surface area (Å²) in [5.74, 6) is 1.05. The summed E-state index contributed by atoms with van der Waals surface area (Å²) in [7, 11) is 0. The highest BCUT2D eigenvalue weighted by atomic mass is 32.1. The first-order chi connectivity index (χ1) is 9.76. The van der Waals surface area contributed by atoms with Gasteiger partial charge in [0, 0.05) is 30.1 Å². The Bertz CT molecular complexity index is 594. The molecule has 1 unspecified atom stereocenters. The van der Waals surface area contributed by atoms with Gasteiger partial charge in [0.25, 0.3) is 0 Å². The maximum atomic E-state index is 5.57. The molecule has 1 aromatic carbocycles. The first kappa shape index (κ1) is 13.6. The number of ether oxygens (including phenoxy) is 1. The smallest absolute Gasteiger partial charge is 0.122 e. The Morgan fingerprint density at radius 3 is 3.10 bits per heavy atom. The molecule has 0 spiro atoms. The molecule has 0 fully saturated rings. The molecule has 1 N–H and O–H groups in total. The predicted octanol–water partition coefficient (Wildman–Crippen LogP) is 3.63. The molecule has 4 heteroatoms. The summed E-state index contributed by atoms with van der Waals surface area (Å²) >= 11 is 1.72. The Kier molecular flexibility index (Phi) is 4.03. The van der Waals surface area contributed by atoms with Crippen LogP contribution >= 0.6 is 11.3 Å². The Morgan fingerprint density at radius 2 is 2.35 bits per heavy atom. The molecule has 3 nitrogen and oxygen atoms in total. The van der Waals surface area contributed by atoms with Crippen LogP contribution in [0.4, 0.5) is 0 Å². The maximum absolute atomic E-state index is 5.57. The Labute approximate surface area is 124 Å². The number of nitrogens with zero attached hydrogens (tertiary/aromatic N) is 1. The van der Waals surface area contributed by atoms with E-state index in [1.807, 2.05) is 6.92 Å². The number of hydrogen-bond donors (Lipinski definition) is 1. The quantitative estimate of drug-likeness (QED) is 0.912. The molecule has 1 aromatic heterocycles. The second kappa shape index (κ2) is 5.94. The lowest BCUT2D eigenvalue weighted by Crippen LogP contribution is -2.20. The molecule has 2 aromatic rings. The van der Waals surface area contributed by atoms with Gasteiger partial charge >= 0.3 is 0 Å². The Hall–Kier alpha value is -1.39. The van der Waals surface area contributed by atoms with Gasteiger partial charge in [0.1, 0.15) is 10.8 Å². The summed E-state index contributed by atoms with van der Waals surface area (Å²) in [6.07, 6.45) is 2.11. The summed E-state index contributed by atoms with van der Waals surface area (Å²) in [6, 6.07) is 6.95. The monoisotopic (exact) mass is 288 g/mol. The number of rotatable bonds is 5. The van der Waals surface area contributed by atoms with Gasteiger partial charge in [0.15, 0.2) is 0 Å². The van der Waals surface area contributed by atoms with Crippen molar-refractivity contribution in [3.8, 4) is 5.75 Å². The normalized spacial score (nSPS) is 14.9. The van der Waals surface area contributed by atoms with E-state index in [0.29, 0.717) is 6.04 Å². The third-order valence-electron chi connectivity index (χ3n) is 3.69. The van der Waals surface area contributed by atoms with E-state index in [1.54, 1.807) is 11.3 Å². The average molecular weight is 288 g/mol. The summed E-state index contributed by atoms with van der Waals surface area (Å²) < 4.78 is 5.57. The number of hydrogen-bond acceptors (Lipinski definition) is 4. The van der Waals surface area contributed by atoms with Crippen molar-refractivity contribution < 1.29 is 4.74 Å². The summed E-state index contributed by atoms with van der Waals surface area (Å²) in [4.78, 5) is 4.50. The van der Waals surface area contributed by atoms with Gasteiger partial charge in [-0.05, 0) is 30.5 Å². The summed E-state index contributed by atoms with van der Waals surface area (Å²) in [6.45, 7) is 5.91. The summed E-state index contributed by atoms with van der Waals surface area (Å²) in [5.41, 5.74) is 3.80. The number of aryl methyl sites for hydroxylation is 1. The van der Waals surface area contributed by atoms with E-state index in [1.165, 1.54) is 11.1 Å². The minimum atomic E-state index is 0.380. The van der Waals surface area contributed by atoms with Crippen LogP contribution in [0.3, 0.4) is 0 Å². The van der Waals surface area contributed by atoms with Crippen LogP contribution in [-0.4, -0.2) is 11.6 Å². The first-order valence-corrected chi connectivity index (χ1v) is 8.04. The van der Waals surface area contributed by atoms with Gasteiger partial charge in [0.05, 0.1) is 6.61 Å². The number of nitrogens with one attached hydrogen (secondary N) is 1. The Morgan fingerprint density at radius 1 is 1.45 bits per heavy atom. The molecule has 0 aliphatic carbocycles. The first-order valence-electron chi connectivity index (χ1n) is 7.16. The molecule has 0 radical (unpaired) electrons. The van der Waals surface area contributed by atoms with Gasteiger partial charge in [-0.15, -0.1) is 11.3 Å².